The molecule has 0 aliphatic carbocycles. The number of aryl methyl sites for hydroxylation is 1. The standard InChI is InChI=1S/C13H21N5S/c1-5-14-11(4)13-15-16-17-18(13)9(2)8-12-7-6-10(3)19-12/h6-7,9,11,14H,5,8H2,1-4H3. The van der Waals surface area contributed by atoms with Crippen LogP contribution in [-0.4, -0.2) is 26.8 Å². The zero-order valence-corrected chi connectivity index (χ0v) is 12.7. The van der Waals surface area contributed by atoms with Crippen LogP contribution in [0.5, 0.6) is 0 Å². The first-order valence-corrected chi connectivity index (χ1v) is 7.50. The molecule has 0 radical (unpaired) electrons. The third kappa shape index (κ3) is 3.39. The van der Waals surface area contributed by atoms with Gasteiger partial charge in [-0.15, -0.1) is 16.4 Å². The Morgan fingerprint density at radius 1 is 1.37 bits per heavy atom. The van der Waals surface area contributed by atoms with Crippen molar-refractivity contribution in [3.8, 4) is 0 Å². The van der Waals surface area contributed by atoms with Crippen molar-refractivity contribution in [3.05, 3.63) is 27.7 Å². The number of tetrazole rings is 1. The SMILES string of the molecule is CCNC(C)c1nnnn1C(C)Cc1ccc(C)s1. The summed E-state index contributed by atoms with van der Waals surface area (Å²) in [5, 5.41) is 15.5. The molecule has 2 heterocycles. The molecule has 0 spiro atoms. The summed E-state index contributed by atoms with van der Waals surface area (Å²) < 4.78 is 1.93. The summed E-state index contributed by atoms with van der Waals surface area (Å²) in [6, 6.07) is 4.79. The summed E-state index contributed by atoms with van der Waals surface area (Å²) in [6.45, 7) is 9.38. The topological polar surface area (TPSA) is 55.6 Å². The number of nitrogens with zero attached hydrogens (tertiary/aromatic N) is 4. The van der Waals surface area contributed by atoms with Gasteiger partial charge in [0.15, 0.2) is 5.82 Å². The summed E-state index contributed by atoms with van der Waals surface area (Å²) in [7, 11) is 0. The molecule has 5 nitrogen and oxygen atoms in total. The first-order chi connectivity index (χ1) is 9.11. The lowest BCUT2D eigenvalue weighted by molar-refractivity contribution is 0.430. The van der Waals surface area contributed by atoms with Gasteiger partial charge in [-0.3, -0.25) is 0 Å². The lowest BCUT2D eigenvalue weighted by Gasteiger charge is -2.16. The minimum atomic E-state index is 0.174. The maximum Gasteiger partial charge on any atom is 0.168 e. The highest BCUT2D eigenvalue weighted by Crippen LogP contribution is 2.22. The first kappa shape index (κ1) is 14.1. The van der Waals surface area contributed by atoms with Crippen molar-refractivity contribution in [2.75, 3.05) is 6.54 Å². The van der Waals surface area contributed by atoms with Crippen LogP contribution in [0.25, 0.3) is 0 Å². The summed E-state index contributed by atoms with van der Waals surface area (Å²) in [6.07, 6.45) is 0.968. The lowest BCUT2D eigenvalue weighted by atomic mass is 10.2. The van der Waals surface area contributed by atoms with E-state index in [-0.39, 0.29) is 12.1 Å². The number of hydrogen-bond donors (Lipinski definition) is 1. The van der Waals surface area contributed by atoms with Crippen LogP contribution in [-0.2, 0) is 6.42 Å². The summed E-state index contributed by atoms with van der Waals surface area (Å²) in [4.78, 5) is 2.72. The smallest absolute Gasteiger partial charge is 0.168 e. The van der Waals surface area contributed by atoms with E-state index in [4.69, 9.17) is 0 Å². The number of aromatic nitrogens is 4. The van der Waals surface area contributed by atoms with Crippen LogP contribution in [0.15, 0.2) is 12.1 Å². The molecule has 2 rings (SSSR count). The van der Waals surface area contributed by atoms with Gasteiger partial charge in [-0.25, -0.2) is 4.68 Å². The van der Waals surface area contributed by atoms with E-state index in [0.29, 0.717) is 0 Å². The summed E-state index contributed by atoms with van der Waals surface area (Å²) in [5.41, 5.74) is 0. The van der Waals surface area contributed by atoms with Gasteiger partial charge >= 0.3 is 0 Å². The maximum atomic E-state index is 4.15. The molecule has 2 aromatic heterocycles. The Hall–Kier alpha value is -1.27. The van der Waals surface area contributed by atoms with Crippen LogP contribution in [0.3, 0.4) is 0 Å². The molecular weight excluding hydrogens is 258 g/mol. The van der Waals surface area contributed by atoms with Crippen molar-refractivity contribution in [1.29, 1.82) is 0 Å². The van der Waals surface area contributed by atoms with Crippen LogP contribution < -0.4 is 5.32 Å². The average Bonchev–Trinajstić information content (AvgIpc) is 2.98. The molecule has 1 N–H and O–H groups in total. The molecule has 0 fully saturated rings. The molecule has 0 bridgehead atoms. The minimum Gasteiger partial charge on any atom is -0.308 e. The second-order valence-electron chi connectivity index (χ2n) is 4.83. The predicted molar refractivity (Wildman–Crippen MR) is 77.4 cm³/mol. The van der Waals surface area contributed by atoms with Gasteiger partial charge in [-0.2, -0.15) is 0 Å². The fourth-order valence-electron chi connectivity index (χ4n) is 2.17. The van der Waals surface area contributed by atoms with Gasteiger partial charge in [0.25, 0.3) is 0 Å². The van der Waals surface area contributed by atoms with Crippen molar-refractivity contribution in [2.24, 2.45) is 0 Å². The molecule has 19 heavy (non-hydrogen) atoms. The monoisotopic (exact) mass is 279 g/mol. The highest BCUT2D eigenvalue weighted by molar-refractivity contribution is 7.11. The number of thiophene rings is 1. The quantitative estimate of drug-likeness (QED) is 0.883. The fraction of sp³-hybridized carbons (Fsp3) is 0.615. The van der Waals surface area contributed by atoms with E-state index < -0.39 is 0 Å². The Morgan fingerprint density at radius 2 is 2.16 bits per heavy atom. The van der Waals surface area contributed by atoms with E-state index in [1.165, 1.54) is 9.75 Å². The van der Waals surface area contributed by atoms with Crippen LogP contribution in [0.4, 0.5) is 0 Å². The van der Waals surface area contributed by atoms with Crippen LogP contribution >= 0.6 is 11.3 Å². The van der Waals surface area contributed by atoms with E-state index in [1.54, 1.807) is 0 Å². The zero-order chi connectivity index (χ0) is 13.8. The van der Waals surface area contributed by atoms with Gasteiger partial charge in [0.1, 0.15) is 0 Å². The van der Waals surface area contributed by atoms with Gasteiger partial charge in [0, 0.05) is 16.2 Å². The Balaban J connectivity index is 2.11. The molecule has 0 saturated heterocycles. The zero-order valence-electron chi connectivity index (χ0n) is 11.9. The van der Waals surface area contributed by atoms with Crippen LogP contribution in [0.2, 0.25) is 0 Å². The number of hydrogen-bond acceptors (Lipinski definition) is 5. The van der Waals surface area contributed by atoms with E-state index >= 15 is 0 Å². The van der Waals surface area contributed by atoms with Crippen LogP contribution in [0, 0.1) is 6.92 Å². The van der Waals surface area contributed by atoms with Crippen molar-refractivity contribution in [1.82, 2.24) is 25.5 Å². The van der Waals surface area contributed by atoms with E-state index in [1.807, 2.05) is 16.0 Å². The fourth-order valence-corrected chi connectivity index (χ4v) is 3.18. The molecule has 104 valence electrons. The van der Waals surface area contributed by atoms with Gasteiger partial charge in [0.05, 0.1) is 12.1 Å². The van der Waals surface area contributed by atoms with Crippen LogP contribution in [0.1, 0.15) is 48.4 Å². The maximum absolute atomic E-state index is 4.15. The van der Waals surface area contributed by atoms with Gasteiger partial charge in [-0.1, -0.05) is 6.92 Å². The molecule has 6 heteroatoms. The molecule has 0 aliphatic rings. The molecule has 2 aromatic rings. The van der Waals surface area contributed by atoms with E-state index in [0.717, 1.165) is 18.8 Å². The number of rotatable bonds is 6. The largest absolute Gasteiger partial charge is 0.308 e. The Morgan fingerprint density at radius 3 is 2.79 bits per heavy atom. The Labute approximate surface area is 118 Å². The molecular formula is C13H21N5S. The molecule has 0 aliphatic heterocycles. The Bertz CT molecular complexity index is 519. The molecule has 0 amide bonds. The van der Waals surface area contributed by atoms with Crippen molar-refractivity contribution in [3.63, 3.8) is 0 Å². The normalized spacial score (nSPS) is 14.5. The molecule has 0 saturated carbocycles. The van der Waals surface area contributed by atoms with Gasteiger partial charge in [0.2, 0.25) is 0 Å². The molecule has 0 aromatic carbocycles. The lowest BCUT2D eigenvalue weighted by Crippen LogP contribution is -2.24. The number of nitrogens with one attached hydrogen (secondary N) is 1. The third-order valence-corrected chi connectivity index (χ3v) is 4.15. The predicted octanol–water partition coefficient (Wildman–Crippen LogP) is 2.52. The second-order valence-corrected chi connectivity index (χ2v) is 6.20. The van der Waals surface area contributed by atoms with Crippen molar-refractivity contribution >= 4 is 11.3 Å². The molecule has 2 unspecified atom stereocenters. The molecule has 2 atom stereocenters. The van der Waals surface area contributed by atoms with E-state index in [9.17, 15) is 0 Å². The second kappa shape index (κ2) is 6.25. The summed E-state index contributed by atoms with van der Waals surface area (Å²) >= 11 is 1.84. The Kier molecular flexibility index (Phi) is 4.66. The first-order valence-electron chi connectivity index (χ1n) is 6.68. The van der Waals surface area contributed by atoms with Gasteiger partial charge in [-0.05, 0) is 49.9 Å². The van der Waals surface area contributed by atoms with Crippen molar-refractivity contribution in [2.45, 2.75) is 46.2 Å². The van der Waals surface area contributed by atoms with E-state index in [2.05, 4.69) is 60.7 Å². The van der Waals surface area contributed by atoms with Gasteiger partial charge < -0.3 is 5.32 Å². The highest BCUT2D eigenvalue weighted by Gasteiger charge is 2.18. The van der Waals surface area contributed by atoms with Crippen molar-refractivity contribution < 1.29 is 0 Å². The summed E-state index contributed by atoms with van der Waals surface area (Å²) in [5.74, 6) is 0.905. The average molecular weight is 279 g/mol. The minimum absolute atomic E-state index is 0.174. The third-order valence-electron chi connectivity index (χ3n) is 3.13. The highest BCUT2D eigenvalue weighted by atomic mass is 32.1.